The number of ketones is 1. The number of H-pyrrole nitrogens is 2. The van der Waals surface area contributed by atoms with E-state index in [4.69, 9.17) is 39.0 Å². The molecule has 24 nitrogen and oxygen atoms in total. The lowest BCUT2D eigenvalue weighted by Crippen LogP contribution is -2.39. The summed E-state index contributed by atoms with van der Waals surface area (Å²) in [5.41, 5.74) is 9.36. The maximum atomic E-state index is 13.3. The fraction of sp³-hybridized carbons (Fsp3) is 0.500. The highest BCUT2D eigenvalue weighted by Crippen LogP contribution is 2.54. The van der Waals surface area contributed by atoms with E-state index >= 15 is 0 Å². The lowest BCUT2D eigenvalue weighted by Gasteiger charge is -2.28. The number of aromatic amines is 2. The summed E-state index contributed by atoms with van der Waals surface area (Å²) < 4.78 is 61.6. The Morgan fingerprint density at radius 2 is 1.31 bits per heavy atom. The van der Waals surface area contributed by atoms with Gasteiger partial charge in [0.25, 0.3) is 11.1 Å². The number of anilines is 2. The summed E-state index contributed by atoms with van der Waals surface area (Å²) >= 11 is 0. The van der Waals surface area contributed by atoms with Crippen molar-refractivity contribution >= 4 is 55.7 Å². The zero-order valence-corrected chi connectivity index (χ0v) is 26.0. The summed E-state index contributed by atoms with van der Waals surface area (Å²) in [5.74, 6) is -2.61. The van der Waals surface area contributed by atoms with Crippen LogP contribution in [0, 0.1) is 5.92 Å². The van der Waals surface area contributed by atoms with Crippen LogP contribution in [-0.4, -0.2) is 103 Å². The molecule has 0 aromatic carbocycles. The lowest BCUT2D eigenvalue weighted by atomic mass is 9.96. The number of nitrogens with one attached hydrogen (secondary N) is 2. The number of carbonyl (C=O) groups excluding carboxylic acids is 1. The van der Waals surface area contributed by atoms with Crippen LogP contribution in [0.4, 0.5) is 11.9 Å². The van der Waals surface area contributed by atoms with E-state index in [-0.39, 0.29) is 34.2 Å². The maximum Gasteiger partial charge on any atom is 0.472 e. The fourth-order valence-corrected chi connectivity index (χ4v) is 7.78. The van der Waals surface area contributed by atoms with Gasteiger partial charge in [-0.3, -0.25) is 51.6 Å². The minimum atomic E-state index is -5.13. The van der Waals surface area contributed by atoms with Crippen LogP contribution in [0.2, 0.25) is 0 Å². The molecule has 0 radical (unpaired) electrons. The van der Waals surface area contributed by atoms with Gasteiger partial charge in [0.15, 0.2) is 28.6 Å². The highest BCUT2D eigenvalue weighted by atomic mass is 31.2. The molecule has 9 N–H and O–H groups in total. The van der Waals surface area contributed by atoms with E-state index in [0.717, 1.165) is 24.1 Å². The number of hydrogen-bond donors (Lipinski definition) is 7. The van der Waals surface area contributed by atoms with Crippen molar-refractivity contribution in [3.8, 4) is 0 Å². The number of carbonyl (C=O) groups is 1. The van der Waals surface area contributed by atoms with E-state index in [1.54, 1.807) is 0 Å². The van der Waals surface area contributed by atoms with E-state index in [9.17, 15) is 38.4 Å². The molecule has 0 bridgehead atoms. The largest absolute Gasteiger partial charge is 0.472 e. The summed E-state index contributed by atoms with van der Waals surface area (Å²) in [4.78, 5) is 79.5. The molecule has 26 heteroatoms. The van der Waals surface area contributed by atoms with Crippen LogP contribution < -0.4 is 22.6 Å². The van der Waals surface area contributed by atoms with Crippen LogP contribution in [0.5, 0.6) is 0 Å². The van der Waals surface area contributed by atoms with Gasteiger partial charge in [0.1, 0.15) is 42.5 Å². The minimum absolute atomic E-state index is 0.105. The number of rotatable bonds is 3. The molecule has 3 saturated heterocycles. The summed E-state index contributed by atoms with van der Waals surface area (Å²) in [6, 6.07) is 0. The zero-order chi connectivity index (χ0) is 34.3. The average Bonchev–Trinajstić information content (AvgIpc) is 3.75. The Bertz CT molecular complexity index is 2150. The molecule has 258 valence electrons. The Labute approximate surface area is 265 Å². The molecule has 7 heterocycles. The highest BCUT2D eigenvalue weighted by Gasteiger charge is 2.55. The molecule has 0 spiro atoms. The average molecular weight is 716 g/mol. The third-order valence-corrected chi connectivity index (χ3v) is 9.85. The first kappa shape index (κ1) is 32.6. The molecular formula is C22H26N10O14P2. The third-order valence-electron chi connectivity index (χ3n) is 7.88. The van der Waals surface area contributed by atoms with Crippen molar-refractivity contribution in [3.63, 3.8) is 0 Å². The Morgan fingerprint density at radius 3 is 1.83 bits per heavy atom. The van der Waals surface area contributed by atoms with Crippen LogP contribution in [0.25, 0.3) is 22.3 Å². The fourth-order valence-electron chi connectivity index (χ4n) is 5.85. The van der Waals surface area contributed by atoms with Crippen molar-refractivity contribution in [2.45, 2.75) is 49.9 Å². The molecule has 7 rings (SSSR count). The number of phosphoric acid groups is 2. The molecule has 3 aliphatic heterocycles. The Morgan fingerprint density at radius 1 is 0.854 bits per heavy atom. The highest BCUT2D eigenvalue weighted by molar-refractivity contribution is 7.47. The number of nitrogen functional groups attached to an aromatic ring is 2. The number of Topliss-reactive ketones (excluding diaryl/α,β-unsaturated/α-hetero) is 1. The zero-order valence-electron chi connectivity index (χ0n) is 24.3. The van der Waals surface area contributed by atoms with Gasteiger partial charge >= 0.3 is 15.6 Å². The van der Waals surface area contributed by atoms with Gasteiger partial charge in [-0.2, -0.15) is 9.97 Å². The van der Waals surface area contributed by atoms with Crippen molar-refractivity contribution in [2.24, 2.45) is 5.92 Å². The van der Waals surface area contributed by atoms with Crippen LogP contribution >= 0.6 is 15.6 Å². The first-order chi connectivity index (χ1) is 22.6. The second-order valence-electron chi connectivity index (χ2n) is 11.0. The van der Waals surface area contributed by atoms with Gasteiger partial charge in [-0.1, -0.05) is 0 Å². The van der Waals surface area contributed by atoms with Crippen LogP contribution in [0.15, 0.2) is 22.2 Å². The SMILES string of the molecule is CC(=O)C1[C@H]2OP(=O)(O)OC[C@H]3O[C@@H](n4cnc5c(=O)[nH]c(N)nc54)[C@@H](O)C3OP(=O)(O)OC[C@H]2O[C@H]1n1cnc2c(=O)[nH]c(N)nc21. The van der Waals surface area contributed by atoms with Crippen molar-refractivity contribution < 1.29 is 56.4 Å². The van der Waals surface area contributed by atoms with Gasteiger partial charge in [-0.25, -0.2) is 19.1 Å². The number of phosphoric ester groups is 2. The molecule has 0 aliphatic carbocycles. The topological polar surface area (TPSA) is 346 Å². The summed E-state index contributed by atoms with van der Waals surface area (Å²) in [7, 11) is -10.3. The monoisotopic (exact) mass is 716 g/mol. The molecule has 4 aromatic rings. The van der Waals surface area contributed by atoms with Crippen molar-refractivity contribution in [1.82, 2.24) is 39.0 Å². The van der Waals surface area contributed by atoms with E-state index in [1.165, 1.54) is 4.57 Å². The number of hydrogen-bond acceptors (Lipinski definition) is 18. The van der Waals surface area contributed by atoms with Crippen molar-refractivity contribution in [1.29, 1.82) is 0 Å². The van der Waals surface area contributed by atoms with Crippen LogP contribution in [0.3, 0.4) is 0 Å². The number of aromatic nitrogens is 8. The van der Waals surface area contributed by atoms with E-state index in [0.29, 0.717) is 0 Å². The molecule has 4 unspecified atom stereocenters. The molecule has 48 heavy (non-hydrogen) atoms. The molecule has 10 atom stereocenters. The van der Waals surface area contributed by atoms with Gasteiger partial charge in [-0.05, 0) is 6.92 Å². The molecule has 0 amide bonds. The van der Waals surface area contributed by atoms with E-state index in [2.05, 4.69) is 29.9 Å². The number of nitrogens with two attached hydrogens (primary N) is 2. The normalized spacial score (nSPS) is 36.0. The third kappa shape index (κ3) is 5.65. The Hall–Kier alpha value is -3.93. The molecular weight excluding hydrogens is 690 g/mol. The standard InChI is InChI=1S/C22H26N10O14P2/c1-6(33)9-13-7(43-19(9)31-4-25-10-15(31)27-21(23)29-17(10)35)2-41-48(39,40)46-14-8(3-42-47(37,38)45-13)44-20(12(14)34)32-5-26-11-16(32)28-22(24)30-18(11)36/h4-5,7-9,12-14,19-20,34H,2-3H2,1H3,(H,37,38)(H,39,40)(H3,23,27,29,35)(H3,24,28,30,36)/t7-,8-,9?,12+,13+,14?,19-,20-/m1/s1. The number of fused-ring (bicyclic) bond motifs is 4. The van der Waals surface area contributed by atoms with E-state index < -0.39 is 94.7 Å². The van der Waals surface area contributed by atoms with Gasteiger partial charge in [0.05, 0.1) is 31.8 Å². The van der Waals surface area contributed by atoms with Gasteiger partial charge in [0.2, 0.25) is 11.9 Å². The van der Waals surface area contributed by atoms with Gasteiger partial charge < -0.3 is 35.8 Å². The minimum Gasteiger partial charge on any atom is -0.386 e. The Kier molecular flexibility index (Phi) is 7.88. The molecule has 3 aliphatic rings. The predicted molar refractivity (Wildman–Crippen MR) is 154 cm³/mol. The van der Waals surface area contributed by atoms with Gasteiger partial charge in [-0.15, -0.1) is 0 Å². The smallest absolute Gasteiger partial charge is 0.386 e. The van der Waals surface area contributed by atoms with E-state index in [1.807, 2.05) is 0 Å². The van der Waals surface area contributed by atoms with Crippen LogP contribution in [0.1, 0.15) is 19.4 Å². The van der Waals surface area contributed by atoms with Crippen molar-refractivity contribution in [3.05, 3.63) is 33.4 Å². The van der Waals surface area contributed by atoms with Crippen molar-refractivity contribution in [2.75, 3.05) is 24.7 Å². The number of aliphatic hydroxyl groups excluding tert-OH is 1. The molecule has 4 aromatic heterocycles. The quantitative estimate of drug-likeness (QED) is 0.111. The summed E-state index contributed by atoms with van der Waals surface area (Å²) in [5, 5.41) is 11.2. The van der Waals surface area contributed by atoms with Gasteiger partial charge in [0, 0.05) is 0 Å². The summed E-state index contributed by atoms with van der Waals surface area (Å²) in [6.07, 6.45) is -8.91. The number of ether oxygens (including phenoxy) is 2. The first-order valence-corrected chi connectivity index (χ1v) is 16.9. The lowest BCUT2D eigenvalue weighted by molar-refractivity contribution is -0.126. The number of nitrogens with zero attached hydrogens (tertiary/aromatic N) is 6. The first-order valence-electron chi connectivity index (χ1n) is 13.9. The molecule has 3 fully saturated rings. The second kappa shape index (κ2) is 11.6. The number of imidazole rings is 2. The molecule has 0 saturated carbocycles. The number of aliphatic hydroxyl groups is 1. The maximum absolute atomic E-state index is 13.3. The Balaban J connectivity index is 1.21. The summed E-state index contributed by atoms with van der Waals surface area (Å²) in [6.45, 7) is -0.605. The second-order valence-corrected chi connectivity index (χ2v) is 13.8. The van der Waals surface area contributed by atoms with Crippen LogP contribution in [-0.2, 0) is 41.5 Å². The predicted octanol–water partition coefficient (Wildman–Crippen LogP) is -2.20.